The molecule has 7 nitrogen and oxygen atoms in total. The molecule has 11 heteroatoms. The van der Waals surface area contributed by atoms with Gasteiger partial charge in [-0.1, -0.05) is 31.8 Å². The number of rotatable bonds is 7. The van der Waals surface area contributed by atoms with Crippen LogP contribution >= 0.6 is 11.8 Å². The van der Waals surface area contributed by atoms with Crippen molar-refractivity contribution in [3.05, 3.63) is 46.4 Å². The van der Waals surface area contributed by atoms with Crippen molar-refractivity contribution in [1.82, 2.24) is 4.90 Å². The van der Waals surface area contributed by atoms with E-state index in [0.717, 1.165) is 28.8 Å². The molecule has 1 unspecified atom stereocenters. The monoisotopic (exact) mass is 528 g/mol. The fourth-order valence-electron chi connectivity index (χ4n) is 3.02. The average Bonchev–Trinajstić information content (AvgIpc) is 2.72. The molecule has 1 amide bonds. The number of hydrogen-bond acceptors (Lipinski definition) is 7. The second-order valence-corrected chi connectivity index (χ2v) is 17.1. The molecule has 0 bridgehead atoms. The number of benzene rings is 1. The maximum atomic E-state index is 14.8. The summed E-state index contributed by atoms with van der Waals surface area (Å²) in [4.78, 5) is 31.4. The van der Waals surface area contributed by atoms with Crippen LogP contribution in [-0.4, -0.2) is 56.3 Å². The van der Waals surface area contributed by atoms with Crippen molar-refractivity contribution in [2.24, 2.45) is 4.99 Å². The van der Waals surface area contributed by atoms with E-state index >= 15 is 0 Å². The van der Waals surface area contributed by atoms with Crippen LogP contribution in [0, 0.1) is 11.6 Å². The SMILES string of the molecule is COC(=O)C1=CC(C)(c2cccc(F)c2F)N=C(N(COCC[Si](C)(C)C)C(=O)OC(C)(C)C)S1. The minimum absolute atomic E-state index is 0.0429. The lowest BCUT2D eigenvalue weighted by molar-refractivity contribution is -0.135. The molecular weight excluding hydrogens is 494 g/mol. The molecule has 0 saturated heterocycles. The maximum Gasteiger partial charge on any atom is 0.418 e. The minimum Gasteiger partial charge on any atom is -0.465 e. The number of halogens is 2. The van der Waals surface area contributed by atoms with E-state index in [4.69, 9.17) is 14.2 Å². The van der Waals surface area contributed by atoms with Crippen molar-refractivity contribution >= 4 is 37.1 Å². The van der Waals surface area contributed by atoms with Gasteiger partial charge in [0.2, 0.25) is 0 Å². The molecule has 194 valence electrons. The van der Waals surface area contributed by atoms with Gasteiger partial charge in [-0.15, -0.1) is 0 Å². The van der Waals surface area contributed by atoms with E-state index in [1.165, 1.54) is 32.2 Å². The molecule has 1 atom stereocenters. The molecule has 0 fully saturated rings. The van der Waals surface area contributed by atoms with Crippen LogP contribution in [0.25, 0.3) is 0 Å². The first-order chi connectivity index (χ1) is 16.1. The Morgan fingerprint density at radius 2 is 1.86 bits per heavy atom. The highest BCUT2D eigenvalue weighted by atomic mass is 32.2. The number of carbonyl (C=O) groups excluding carboxylic acids is 2. The van der Waals surface area contributed by atoms with Gasteiger partial charge in [-0.3, -0.25) is 0 Å². The number of amidine groups is 1. The van der Waals surface area contributed by atoms with Crippen molar-refractivity contribution in [2.75, 3.05) is 20.4 Å². The van der Waals surface area contributed by atoms with E-state index in [-0.39, 0.29) is 22.4 Å². The van der Waals surface area contributed by atoms with E-state index < -0.39 is 42.9 Å². The molecule has 35 heavy (non-hydrogen) atoms. The van der Waals surface area contributed by atoms with Gasteiger partial charge in [-0.25, -0.2) is 28.3 Å². The molecule has 0 saturated carbocycles. The molecule has 1 aliphatic heterocycles. The third-order valence-corrected chi connectivity index (χ3v) is 7.59. The largest absolute Gasteiger partial charge is 0.465 e. The van der Waals surface area contributed by atoms with Crippen LogP contribution in [0.3, 0.4) is 0 Å². The summed E-state index contributed by atoms with van der Waals surface area (Å²) in [7, 11) is -0.178. The summed E-state index contributed by atoms with van der Waals surface area (Å²) in [6.45, 7) is 13.5. The van der Waals surface area contributed by atoms with Gasteiger partial charge < -0.3 is 14.2 Å². The predicted octanol–water partition coefficient (Wildman–Crippen LogP) is 5.89. The molecular formula is C24H34F2N2O5SSi. The summed E-state index contributed by atoms with van der Waals surface area (Å²) >= 11 is 0.871. The zero-order valence-corrected chi connectivity index (χ0v) is 23.3. The third-order valence-electron chi connectivity index (χ3n) is 4.89. The summed E-state index contributed by atoms with van der Waals surface area (Å²) in [5.74, 6) is -2.85. The zero-order valence-electron chi connectivity index (χ0n) is 21.5. The number of thioether (sulfide) groups is 1. The average molecular weight is 529 g/mol. The van der Waals surface area contributed by atoms with E-state index in [1.54, 1.807) is 20.8 Å². The number of hydrogen-bond donors (Lipinski definition) is 0. The van der Waals surface area contributed by atoms with E-state index in [9.17, 15) is 18.4 Å². The molecule has 0 aliphatic carbocycles. The van der Waals surface area contributed by atoms with Gasteiger partial charge in [0.25, 0.3) is 0 Å². The minimum atomic E-state index is -1.51. The summed E-state index contributed by atoms with van der Waals surface area (Å²) in [5, 5.41) is 0.0429. The molecule has 0 spiro atoms. The summed E-state index contributed by atoms with van der Waals surface area (Å²) in [5.41, 5.74) is -2.41. The van der Waals surface area contributed by atoms with Crippen LogP contribution in [0.1, 0.15) is 33.3 Å². The number of methoxy groups -OCH3 is 1. The highest BCUT2D eigenvalue weighted by molar-refractivity contribution is 8.17. The Morgan fingerprint density at radius 3 is 2.43 bits per heavy atom. The highest BCUT2D eigenvalue weighted by Crippen LogP contribution is 2.40. The molecule has 2 rings (SSSR count). The quantitative estimate of drug-likeness (QED) is 0.190. The zero-order chi connectivity index (χ0) is 26.6. The van der Waals surface area contributed by atoms with Gasteiger partial charge in [0.15, 0.2) is 16.8 Å². The molecule has 1 heterocycles. The highest BCUT2D eigenvalue weighted by Gasteiger charge is 2.38. The Bertz CT molecular complexity index is 1020. The van der Waals surface area contributed by atoms with Crippen molar-refractivity contribution in [2.45, 2.75) is 64.5 Å². The number of aliphatic imine (C=N–C) groups is 1. The Labute approximate surface area is 210 Å². The fourth-order valence-corrected chi connectivity index (χ4v) is 4.90. The van der Waals surface area contributed by atoms with Crippen LogP contribution in [-0.2, 0) is 24.5 Å². The fraction of sp³-hybridized carbons (Fsp3) is 0.542. The summed E-state index contributed by atoms with van der Waals surface area (Å²) in [6.07, 6.45) is 0.648. The van der Waals surface area contributed by atoms with Gasteiger partial charge in [0.05, 0.1) is 12.0 Å². The molecule has 0 N–H and O–H groups in total. The lowest BCUT2D eigenvalue weighted by Gasteiger charge is -2.33. The molecule has 1 aliphatic rings. The third kappa shape index (κ3) is 8.15. The lowest BCUT2D eigenvalue weighted by atomic mass is 9.91. The van der Waals surface area contributed by atoms with Crippen LogP contribution in [0.5, 0.6) is 0 Å². The number of nitrogens with zero attached hydrogens (tertiary/aromatic N) is 2. The standard InChI is InChI=1S/C24H34F2N2O5SSi/c1-23(2,3)33-22(30)28(15-32-12-13-35(6,7)8)21-27-24(4,14-18(34-21)20(29)31-5)16-10-9-11-17(25)19(16)26/h9-11,14H,12-13,15H2,1-8H3. The van der Waals surface area contributed by atoms with E-state index in [1.807, 2.05) is 0 Å². The van der Waals surface area contributed by atoms with Crippen molar-refractivity contribution in [3.63, 3.8) is 0 Å². The number of carbonyl (C=O) groups is 2. The van der Waals surface area contributed by atoms with Crippen molar-refractivity contribution in [1.29, 1.82) is 0 Å². The normalized spacial score (nSPS) is 18.5. The smallest absolute Gasteiger partial charge is 0.418 e. The van der Waals surface area contributed by atoms with Crippen LogP contribution in [0.2, 0.25) is 25.7 Å². The van der Waals surface area contributed by atoms with Gasteiger partial charge in [0.1, 0.15) is 17.9 Å². The predicted molar refractivity (Wildman–Crippen MR) is 136 cm³/mol. The first-order valence-electron chi connectivity index (χ1n) is 11.2. The number of amides is 1. The van der Waals surface area contributed by atoms with E-state index in [2.05, 4.69) is 24.6 Å². The second kappa shape index (κ2) is 11.2. The summed E-state index contributed by atoms with van der Waals surface area (Å²) < 4.78 is 45.0. The molecule has 0 radical (unpaired) electrons. The lowest BCUT2D eigenvalue weighted by Crippen LogP contribution is -2.43. The Kier molecular flexibility index (Phi) is 9.29. The number of esters is 1. The van der Waals surface area contributed by atoms with E-state index in [0.29, 0.717) is 6.61 Å². The van der Waals surface area contributed by atoms with Gasteiger partial charge in [-0.2, -0.15) is 0 Å². The first kappa shape index (κ1) is 29.0. The van der Waals surface area contributed by atoms with Gasteiger partial charge >= 0.3 is 12.1 Å². The van der Waals surface area contributed by atoms with Crippen LogP contribution < -0.4 is 0 Å². The van der Waals surface area contributed by atoms with Crippen molar-refractivity contribution in [3.8, 4) is 0 Å². The van der Waals surface area contributed by atoms with Crippen LogP contribution in [0.4, 0.5) is 13.6 Å². The topological polar surface area (TPSA) is 77.4 Å². The first-order valence-corrected chi connectivity index (χ1v) is 15.7. The number of ether oxygens (including phenoxy) is 3. The van der Waals surface area contributed by atoms with Gasteiger partial charge in [-0.05, 0) is 57.6 Å². The van der Waals surface area contributed by atoms with Crippen LogP contribution in [0.15, 0.2) is 34.2 Å². The second-order valence-electron chi connectivity index (χ2n) is 10.5. The summed E-state index contributed by atoms with van der Waals surface area (Å²) in [6, 6.07) is 4.60. The molecule has 1 aromatic carbocycles. The Morgan fingerprint density at radius 1 is 1.20 bits per heavy atom. The maximum absolute atomic E-state index is 14.8. The molecule has 1 aromatic rings. The Hall–Kier alpha value is -2.24. The van der Waals surface area contributed by atoms with Crippen molar-refractivity contribution < 1.29 is 32.6 Å². The molecule has 0 aromatic heterocycles. The van der Waals surface area contributed by atoms with Gasteiger partial charge in [0, 0.05) is 20.2 Å². The Balaban J connectivity index is 2.53.